The van der Waals surface area contributed by atoms with Crippen molar-refractivity contribution in [2.45, 2.75) is 32.8 Å². The molecule has 1 heterocycles. The molecule has 4 rings (SSSR count). The van der Waals surface area contributed by atoms with E-state index >= 15 is 0 Å². The van der Waals surface area contributed by atoms with E-state index in [4.69, 9.17) is 9.47 Å². The standard InChI is InChI=1S/C27H26FNO5/c1-15-12-20-24(25(30)21(15)26(31)33-3)23(18-10-7-11-19(28)13-18)22(16(2)29-20)27(32)34-14-17-8-5-4-6-9-17/h4-11,13,15,21,23,29H,12,14H2,1-3H3. The molecule has 3 atom stereocenters. The summed E-state index contributed by atoms with van der Waals surface area (Å²) in [4.78, 5) is 39.4. The third-order valence-electron chi connectivity index (χ3n) is 6.36. The zero-order valence-electron chi connectivity index (χ0n) is 19.3. The minimum atomic E-state index is -0.999. The molecule has 0 bridgehead atoms. The first-order valence-electron chi connectivity index (χ1n) is 11.1. The quantitative estimate of drug-likeness (QED) is 0.529. The number of benzene rings is 2. The van der Waals surface area contributed by atoms with Gasteiger partial charge in [-0.3, -0.25) is 9.59 Å². The second-order valence-electron chi connectivity index (χ2n) is 8.65. The minimum Gasteiger partial charge on any atom is -0.468 e. The maximum absolute atomic E-state index is 14.2. The molecular formula is C27H26FNO5. The maximum atomic E-state index is 14.2. The Kier molecular flexibility index (Phi) is 6.63. The van der Waals surface area contributed by atoms with Gasteiger partial charge in [0.05, 0.1) is 12.7 Å². The van der Waals surface area contributed by atoms with E-state index in [1.807, 2.05) is 37.3 Å². The highest BCUT2D eigenvalue weighted by atomic mass is 19.1. The van der Waals surface area contributed by atoms with Crippen molar-refractivity contribution < 1.29 is 28.2 Å². The van der Waals surface area contributed by atoms with Gasteiger partial charge in [-0.05, 0) is 42.5 Å². The number of dihydropyridines is 1. The van der Waals surface area contributed by atoms with Gasteiger partial charge in [-0.2, -0.15) is 0 Å². The van der Waals surface area contributed by atoms with Crippen LogP contribution in [0.3, 0.4) is 0 Å². The number of ether oxygens (including phenoxy) is 2. The van der Waals surface area contributed by atoms with Crippen molar-refractivity contribution >= 4 is 17.7 Å². The monoisotopic (exact) mass is 463 g/mol. The second kappa shape index (κ2) is 9.63. The SMILES string of the molecule is COC(=O)C1C(=O)C2=C(CC1C)NC(C)=C(C(=O)OCc1ccccc1)C2c1cccc(F)c1. The summed E-state index contributed by atoms with van der Waals surface area (Å²) in [7, 11) is 1.24. The van der Waals surface area contributed by atoms with Gasteiger partial charge in [0.2, 0.25) is 0 Å². The molecule has 34 heavy (non-hydrogen) atoms. The summed E-state index contributed by atoms with van der Waals surface area (Å²) in [5.41, 5.74) is 2.90. The summed E-state index contributed by atoms with van der Waals surface area (Å²) in [5.74, 6) is -4.32. The van der Waals surface area contributed by atoms with Crippen molar-refractivity contribution in [3.8, 4) is 0 Å². The number of esters is 2. The third kappa shape index (κ3) is 4.38. The van der Waals surface area contributed by atoms with Crippen LogP contribution in [0.5, 0.6) is 0 Å². The fraction of sp³-hybridized carbons (Fsp3) is 0.296. The van der Waals surface area contributed by atoms with Crippen LogP contribution in [0.1, 0.15) is 37.3 Å². The van der Waals surface area contributed by atoms with Crippen LogP contribution < -0.4 is 5.32 Å². The lowest BCUT2D eigenvalue weighted by Crippen LogP contribution is -2.43. The Labute approximate surface area is 197 Å². The number of carbonyl (C=O) groups is 3. The number of hydrogen-bond donors (Lipinski definition) is 1. The molecule has 0 saturated carbocycles. The Morgan fingerprint density at radius 2 is 1.85 bits per heavy atom. The lowest BCUT2D eigenvalue weighted by molar-refractivity contribution is -0.151. The number of allylic oxidation sites excluding steroid dienone is 3. The van der Waals surface area contributed by atoms with E-state index in [0.717, 1.165) is 5.56 Å². The molecule has 0 fully saturated rings. The van der Waals surface area contributed by atoms with Crippen molar-refractivity contribution in [1.29, 1.82) is 0 Å². The summed E-state index contributed by atoms with van der Waals surface area (Å²) in [5, 5.41) is 3.19. The van der Waals surface area contributed by atoms with Crippen molar-refractivity contribution in [3.05, 3.63) is 94.1 Å². The normalized spacial score (nSPS) is 22.1. The lowest BCUT2D eigenvalue weighted by atomic mass is 9.69. The molecule has 0 radical (unpaired) electrons. The molecule has 1 aliphatic heterocycles. The number of halogens is 1. The van der Waals surface area contributed by atoms with Crippen LogP contribution in [-0.4, -0.2) is 24.8 Å². The van der Waals surface area contributed by atoms with Crippen LogP contribution in [0.15, 0.2) is 77.1 Å². The van der Waals surface area contributed by atoms with Gasteiger partial charge in [-0.25, -0.2) is 9.18 Å². The average molecular weight is 464 g/mol. The number of methoxy groups -OCH3 is 1. The number of Topliss-reactive ketones (excluding diaryl/α,β-unsaturated/α-hetero) is 1. The second-order valence-corrected chi connectivity index (χ2v) is 8.65. The maximum Gasteiger partial charge on any atom is 0.337 e. The molecule has 1 N–H and O–H groups in total. The molecular weight excluding hydrogens is 437 g/mol. The van der Waals surface area contributed by atoms with Crippen LogP contribution in [0.25, 0.3) is 0 Å². The van der Waals surface area contributed by atoms with E-state index in [2.05, 4.69) is 5.32 Å². The van der Waals surface area contributed by atoms with Gasteiger partial charge in [-0.1, -0.05) is 49.4 Å². The van der Waals surface area contributed by atoms with E-state index in [1.54, 1.807) is 13.0 Å². The summed E-state index contributed by atoms with van der Waals surface area (Å²) < 4.78 is 24.7. The molecule has 6 nitrogen and oxygen atoms in total. The van der Waals surface area contributed by atoms with Crippen LogP contribution in [0, 0.1) is 17.7 Å². The van der Waals surface area contributed by atoms with Gasteiger partial charge in [-0.15, -0.1) is 0 Å². The van der Waals surface area contributed by atoms with Crippen molar-refractivity contribution in [2.24, 2.45) is 11.8 Å². The summed E-state index contributed by atoms with van der Waals surface area (Å²) in [6.45, 7) is 3.59. The van der Waals surface area contributed by atoms with Crippen molar-refractivity contribution in [2.75, 3.05) is 7.11 Å². The first-order valence-corrected chi connectivity index (χ1v) is 11.1. The highest BCUT2D eigenvalue weighted by Crippen LogP contribution is 2.45. The topological polar surface area (TPSA) is 81.7 Å². The Morgan fingerprint density at radius 3 is 2.53 bits per heavy atom. The van der Waals surface area contributed by atoms with Gasteiger partial charge < -0.3 is 14.8 Å². The smallest absolute Gasteiger partial charge is 0.337 e. The Morgan fingerprint density at radius 1 is 1.12 bits per heavy atom. The van der Waals surface area contributed by atoms with Gasteiger partial charge in [0, 0.05) is 22.9 Å². The van der Waals surface area contributed by atoms with E-state index in [1.165, 1.54) is 25.3 Å². The molecule has 1 aliphatic carbocycles. The molecule has 2 aromatic carbocycles. The van der Waals surface area contributed by atoms with Crippen LogP contribution >= 0.6 is 0 Å². The van der Waals surface area contributed by atoms with E-state index in [-0.39, 0.29) is 23.7 Å². The fourth-order valence-electron chi connectivity index (χ4n) is 4.77. The lowest BCUT2D eigenvalue weighted by Gasteiger charge is -2.38. The zero-order chi connectivity index (χ0) is 24.4. The predicted octanol–water partition coefficient (Wildman–Crippen LogP) is 4.18. The van der Waals surface area contributed by atoms with E-state index in [0.29, 0.717) is 23.4 Å². The molecule has 3 unspecified atom stereocenters. The predicted molar refractivity (Wildman–Crippen MR) is 123 cm³/mol. The molecule has 7 heteroatoms. The molecule has 2 aromatic rings. The fourth-order valence-corrected chi connectivity index (χ4v) is 4.77. The highest BCUT2D eigenvalue weighted by molar-refractivity contribution is 6.12. The van der Waals surface area contributed by atoms with Crippen LogP contribution in [0.4, 0.5) is 4.39 Å². The number of rotatable bonds is 5. The van der Waals surface area contributed by atoms with Crippen LogP contribution in [0.2, 0.25) is 0 Å². The number of carbonyl (C=O) groups excluding carboxylic acids is 3. The van der Waals surface area contributed by atoms with Gasteiger partial charge in [0.1, 0.15) is 18.3 Å². The first-order chi connectivity index (χ1) is 16.3. The van der Waals surface area contributed by atoms with Gasteiger partial charge >= 0.3 is 11.9 Å². The number of hydrogen-bond acceptors (Lipinski definition) is 6. The molecule has 2 aliphatic rings. The van der Waals surface area contributed by atoms with Crippen molar-refractivity contribution in [3.63, 3.8) is 0 Å². The van der Waals surface area contributed by atoms with E-state index < -0.39 is 35.4 Å². The van der Waals surface area contributed by atoms with Gasteiger partial charge in [0.15, 0.2) is 5.78 Å². The third-order valence-corrected chi connectivity index (χ3v) is 6.36. The van der Waals surface area contributed by atoms with Crippen molar-refractivity contribution in [1.82, 2.24) is 5.32 Å². The minimum absolute atomic E-state index is 0.0496. The molecule has 0 spiro atoms. The molecule has 176 valence electrons. The largest absolute Gasteiger partial charge is 0.468 e. The molecule has 0 saturated heterocycles. The zero-order valence-corrected chi connectivity index (χ0v) is 19.3. The number of nitrogens with one attached hydrogen (secondary N) is 1. The molecule has 0 amide bonds. The van der Waals surface area contributed by atoms with Gasteiger partial charge in [0.25, 0.3) is 0 Å². The van der Waals surface area contributed by atoms with E-state index in [9.17, 15) is 18.8 Å². The summed E-state index contributed by atoms with van der Waals surface area (Å²) in [6, 6.07) is 15.0. The highest BCUT2D eigenvalue weighted by Gasteiger charge is 2.47. The summed E-state index contributed by atoms with van der Waals surface area (Å²) in [6.07, 6.45) is 0.413. The average Bonchev–Trinajstić information content (AvgIpc) is 2.82. The number of ketones is 1. The Balaban J connectivity index is 1.77. The first kappa shape index (κ1) is 23.4. The molecule has 0 aromatic heterocycles. The Hall–Kier alpha value is -3.74. The Bertz CT molecular complexity index is 1200. The summed E-state index contributed by atoms with van der Waals surface area (Å²) >= 11 is 0. The van der Waals surface area contributed by atoms with Crippen LogP contribution in [-0.2, 0) is 30.5 Å².